The molecule has 3 heterocycles. The second-order valence-electron chi connectivity index (χ2n) is 5.76. The normalized spacial score (nSPS) is 11.2. The van der Waals surface area contributed by atoms with E-state index < -0.39 is 5.91 Å². The molecule has 0 atom stereocenters. The average molecular weight is 337 g/mol. The molecule has 9 heteroatoms. The predicted molar refractivity (Wildman–Crippen MR) is 91.8 cm³/mol. The summed E-state index contributed by atoms with van der Waals surface area (Å²) in [5.74, 6) is 0.0179. The van der Waals surface area contributed by atoms with Gasteiger partial charge in [-0.3, -0.25) is 4.79 Å². The van der Waals surface area contributed by atoms with Gasteiger partial charge in [0.25, 0.3) is 17.7 Å². The Morgan fingerprint density at radius 3 is 2.84 bits per heavy atom. The molecule has 0 spiro atoms. The van der Waals surface area contributed by atoms with Crippen LogP contribution in [0.5, 0.6) is 0 Å². The SMILES string of the molecule is Cc1ccnc2nc(C(=O)Nc3ccc4oc(N(C)C)nc4c3)nn12. The molecule has 25 heavy (non-hydrogen) atoms. The smallest absolute Gasteiger partial charge is 0.297 e. The Morgan fingerprint density at radius 1 is 1.24 bits per heavy atom. The topological polar surface area (TPSA) is 101 Å². The largest absolute Gasteiger partial charge is 0.423 e. The van der Waals surface area contributed by atoms with E-state index in [1.807, 2.05) is 21.0 Å². The average Bonchev–Trinajstić information content (AvgIpc) is 3.19. The Balaban J connectivity index is 1.63. The summed E-state index contributed by atoms with van der Waals surface area (Å²) >= 11 is 0. The summed E-state index contributed by atoms with van der Waals surface area (Å²) in [5, 5.41) is 6.96. The second kappa shape index (κ2) is 5.55. The Labute approximate surface area is 142 Å². The van der Waals surface area contributed by atoms with E-state index >= 15 is 0 Å². The molecule has 0 bridgehead atoms. The summed E-state index contributed by atoms with van der Waals surface area (Å²) in [5.41, 5.74) is 2.73. The third-order valence-electron chi connectivity index (χ3n) is 3.65. The zero-order chi connectivity index (χ0) is 17.6. The molecular formula is C16H15N7O2. The fourth-order valence-corrected chi connectivity index (χ4v) is 2.37. The van der Waals surface area contributed by atoms with Crippen LogP contribution in [0, 0.1) is 6.92 Å². The van der Waals surface area contributed by atoms with Gasteiger partial charge in [-0.1, -0.05) is 0 Å². The molecule has 9 nitrogen and oxygen atoms in total. The highest BCUT2D eigenvalue weighted by molar-refractivity contribution is 6.02. The summed E-state index contributed by atoms with van der Waals surface area (Å²) in [7, 11) is 3.69. The van der Waals surface area contributed by atoms with Crippen LogP contribution in [0.3, 0.4) is 0 Å². The van der Waals surface area contributed by atoms with Gasteiger partial charge < -0.3 is 14.6 Å². The van der Waals surface area contributed by atoms with Crippen LogP contribution in [0.2, 0.25) is 0 Å². The standard InChI is InChI=1S/C16H15N7O2/c1-9-6-7-17-15-20-13(21-23(9)15)14(24)18-10-4-5-12-11(8-10)19-16(25-12)22(2)3/h4-8H,1-3H3,(H,18,24). The van der Waals surface area contributed by atoms with E-state index in [1.54, 1.807) is 35.4 Å². The summed E-state index contributed by atoms with van der Waals surface area (Å²) in [6.07, 6.45) is 1.63. The number of nitrogens with zero attached hydrogens (tertiary/aromatic N) is 6. The predicted octanol–water partition coefficient (Wildman–Crippen LogP) is 1.89. The number of carbonyl (C=O) groups is 1. The number of hydrogen-bond acceptors (Lipinski definition) is 7. The molecule has 1 N–H and O–H groups in total. The molecule has 4 aromatic rings. The Morgan fingerprint density at radius 2 is 2.08 bits per heavy atom. The van der Waals surface area contributed by atoms with Gasteiger partial charge >= 0.3 is 0 Å². The summed E-state index contributed by atoms with van der Waals surface area (Å²) in [6, 6.07) is 7.53. The van der Waals surface area contributed by atoms with Crippen molar-refractivity contribution in [3.05, 3.63) is 42.0 Å². The molecule has 4 rings (SSSR count). The van der Waals surface area contributed by atoms with Gasteiger partial charge in [0.2, 0.25) is 5.82 Å². The number of carbonyl (C=O) groups excluding carboxylic acids is 1. The molecule has 0 aliphatic carbocycles. The van der Waals surface area contributed by atoms with E-state index in [0.29, 0.717) is 28.6 Å². The fourth-order valence-electron chi connectivity index (χ4n) is 2.37. The lowest BCUT2D eigenvalue weighted by Gasteiger charge is -2.03. The van der Waals surface area contributed by atoms with Crippen LogP contribution in [0.1, 0.15) is 16.3 Å². The molecule has 0 unspecified atom stereocenters. The zero-order valence-electron chi connectivity index (χ0n) is 13.9. The van der Waals surface area contributed by atoms with Crippen LogP contribution in [0.25, 0.3) is 16.9 Å². The van der Waals surface area contributed by atoms with Gasteiger partial charge in [0, 0.05) is 31.7 Å². The van der Waals surface area contributed by atoms with Gasteiger partial charge in [-0.2, -0.15) is 9.97 Å². The Hall–Kier alpha value is -3.49. The minimum Gasteiger partial charge on any atom is -0.423 e. The number of rotatable bonds is 3. The minimum atomic E-state index is -0.416. The maximum absolute atomic E-state index is 12.4. The molecule has 1 aromatic carbocycles. The van der Waals surface area contributed by atoms with E-state index in [-0.39, 0.29) is 5.82 Å². The number of fused-ring (bicyclic) bond motifs is 2. The van der Waals surface area contributed by atoms with Crippen molar-refractivity contribution >= 4 is 34.5 Å². The van der Waals surface area contributed by atoms with Crippen LogP contribution >= 0.6 is 0 Å². The quantitative estimate of drug-likeness (QED) is 0.609. The number of benzene rings is 1. The van der Waals surface area contributed by atoms with Gasteiger partial charge in [-0.15, -0.1) is 5.10 Å². The molecule has 0 aliphatic heterocycles. The highest BCUT2D eigenvalue weighted by Crippen LogP contribution is 2.23. The Bertz CT molecular complexity index is 1100. The lowest BCUT2D eigenvalue weighted by molar-refractivity contribution is 0.101. The van der Waals surface area contributed by atoms with Crippen molar-refractivity contribution in [2.75, 3.05) is 24.3 Å². The van der Waals surface area contributed by atoms with Crippen LogP contribution < -0.4 is 10.2 Å². The number of nitrogens with one attached hydrogen (secondary N) is 1. The van der Waals surface area contributed by atoms with Crippen LogP contribution in [0.15, 0.2) is 34.9 Å². The molecular weight excluding hydrogens is 322 g/mol. The third-order valence-corrected chi connectivity index (χ3v) is 3.65. The Kier molecular flexibility index (Phi) is 3.34. The van der Waals surface area contributed by atoms with Crippen molar-refractivity contribution in [3.63, 3.8) is 0 Å². The summed E-state index contributed by atoms with van der Waals surface area (Å²) in [6.45, 7) is 1.87. The number of hydrogen-bond donors (Lipinski definition) is 1. The van der Waals surface area contributed by atoms with Gasteiger partial charge in [0.1, 0.15) is 5.52 Å². The van der Waals surface area contributed by atoms with Gasteiger partial charge in [-0.05, 0) is 31.2 Å². The second-order valence-corrected chi connectivity index (χ2v) is 5.76. The summed E-state index contributed by atoms with van der Waals surface area (Å²) in [4.78, 5) is 26.8. The highest BCUT2D eigenvalue weighted by Gasteiger charge is 2.15. The maximum Gasteiger partial charge on any atom is 0.297 e. The molecule has 0 saturated carbocycles. The van der Waals surface area contributed by atoms with E-state index in [9.17, 15) is 4.79 Å². The van der Waals surface area contributed by atoms with Gasteiger partial charge in [-0.25, -0.2) is 9.50 Å². The van der Waals surface area contributed by atoms with E-state index in [0.717, 1.165) is 5.69 Å². The van der Waals surface area contributed by atoms with Gasteiger partial charge in [0.15, 0.2) is 5.58 Å². The zero-order valence-corrected chi connectivity index (χ0v) is 13.9. The maximum atomic E-state index is 12.4. The first-order valence-corrected chi connectivity index (χ1v) is 7.59. The lowest BCUT2D eigenvalue weighted by atomic mass is 10.3. The molecule has 0 aliphatic rings. The van der Waals surface area contributed by atoms with E-state index in [4.69, 9.17) is 4.42 Å². The lowest BCUT2D eigenvalue weighted by Crippen LogP contribution is -2.14. The number of anilines is 2. The number of aryl methyl sites for hydroxylation is 1. The third kappa shape index (κ3) is 2.65. The number of aromatic nitrogens is 5. The van der Waals surface area contributed by atoms with Crippen molar-refractivity contribution in [3.8, 4) is 0 Å². The van der Waals surface area contributed by atoms with Crippen LogP contribution in [-0.4, -0.2) is 44.6 Å². The molecule has 0 fully saturated rings. The molecule has 0 saturated heterocycles. The van der Waals surface area contributed by atoms with Crippen molar-refractivity contribution in [1.29, 1.82) is 0 Å². The molecule has 3 aromatic heterocycles. The van der Waals surface area contributed by atoms with Crippen molar-refractivity contribution in [1.82, 2.24) is 24.6 Å². The van der Waals surface area contributed by atoms with Crippen LogP contribution in [0.4, 0.5) is 11.7 Å². The monoisotopic (exact) mass is 337 g/mol. The first kappa shape index (κ1) is 15.1. The van der Waals surface area contributed by atoms with Gasteiger partial charge in [0.05, 0.1) is 0 Å². The minimum absolute atomic E-state index is 0.0519. The van der Waals surface area contributed by atoms with Crippen molar-refractivity contribution in [2.24, 2.45) is 0 Å². The van der Waals surface area contributed by atoms with Crippen molar-refractivity contribution in [2.45, 2.75) is 6.92 Å². The molecule has 1 amide bonds. The first-order valence-electron chi connectivity index (χ1n) is 7.59. The number of oxazole rings is 1. The number of amides is 1. The molecule has 126 valence electrons. The fraction of sp³-hybridized carbons (Fsp3) is 0.188. The highest BCUT2D eigenvalue weighted by atomic mass is 16.4. The summed E-state index contributed by atoms with van der Waals surface area (Å²) < 4.78 is 7.12. The van der Waals surface area contributed by atoms with E-state index in [1.165, 1.54) is 4.52 Å². The van der Waals surface area contributed by atoms with Crippen molar-refractivity contribution < 1.29 is 9.21 Å². The first-order chi connectivity index (χ1) is 12.0. The van der Waals surface area contributed by atoms with Crippen LogP contribution in [-0.2, 0) is 0 Å². The molecule has 0 radical (unpaired) electrons. The van der Waals surface area contributed by atoms with E-state index in [2.05, 4.69) is 25.4 Å².